The Morgan fingerprint density at radius 2 is 1.56 bits per heavy atom. The Kier molecular flexibility index (Phi) is 10.0. The smallest absolute Gasteiger partial charge is 0.416 e. The number of hydrogen-bond acceptors (Lipinski definition) is 6. The first-order valence-electron chi connectivity index (χ1n) is 14.5. The van der Waals surface area contributed by atoms with Gasteiger partial charge in [-0.3, -0.25) is 9.69 Å². The number of carboxylic acid groups (broad SMARTS) is 1. The van der Waals surface area contributed by atoms with Crippen molar-refractivity contribution in [1.29, 1.82) is 0 Å². The summed E-state index contributed by atoms with van der Waals surface area (Å²) >= 11 is 0. The molecule has 1 aliphatic rings. The van der Waals surface area contributed by atoms with Crippen molar-refractivity contribution in [2.24, 2.45) is 5.73 Å². The Labute approximate surface area is 267 Å². The van der Waals surface area contributed by atoms with Crippen LogP contribution >= 0.6 is 0 Å². The lowest BCUT2D eigenvalue weighted by Crippen LogP contribution is -2.61. The maximum absolute atomic E-state index is 13.9. The third-order valence-electron chi connectivity index (χ3n) is 7.95. The molecule has 0 spiro atoms. The lowest BCUT2D eigenvalue weighted by atomic mass is 9.80. The van der Waals surface area contributed by atoms with Gasteiger partial charge in [0.25, 0.3) is 0 Å². The van der Waals surface area contributed by atoms with Gasteiger partial charge in [-0.25, -0.2) is 14.8 Å². The van der Waals surface area contributed by atoms with Crippen molar-refractivity contribution in [3.8, 4) is 0 Å². The van der Waals surface area contributed by atoms with Gasteiger partial charge in [0.1, 0.15) is 11.5 Å². The van der Waals surface area contributed by atoms with Gasteiger partial charge in [0.05, 0.1) is 34.7 Å². The first-order chi connectivity index (χ1) is 22.2. The van der Waals surface area contributed by atoms with E-state index in [4.69, 9.17) is 10.5 Å². The first-order valence-corrected chi connectivity index (χ1v) is 14.5. The van der Waals surface area contributed by atoms with Crippen LogP contribution < -0.4 is 10.6 Å². The van der Waals surface area contributed by atoms with Crippen LogP contribution in [0.4, 0.5) is 50.0 Å². The van der Waals surface area contributed by atoms with Crippen molar-refractivity contribution < 1.29 is 58.9 Å². The number of anilines is 1. The van der Waals surface area contributed by atoms with Crippen LogP contribution in [-0.2, 0) is 40.9 Å². The van der Waals surface area contributed by atoms with Crippen molar-refractivity contribution in [2.45, 2.75) is 76.1 Å². The lowest BCUT2D eigenvalue weighted by Gasteiger charge is -2.46. The number of fused-ring (bicyclic) bond motifs is 1. The number of carbonyl (C=O) groups excluding carboxylic acids is 1. The van der Waals surface area contributed by atoms with Gasteiger partial charge in [0.15, 0.2) is 0 Å². The van der Waals surface area contributed by atoms with Crippen LogP contribution in [0.15, 0.2) is 42.6 Å². The van der Waals surface area contributed by atoms with Gasteiger partial charge >= 0.3 is 30.6 Å². The van der Waals surface area contributed by atoms with E-state index >= 15 is 0 Å². The van der Waals surface area contributed by atoms with Gasteiger partial charge in [-0.15, -0.1) is 0 Å². The lowest BCUT2D eigenvalue weighted by molar-refractivity contribution is -0.143. The molecule has 1 aromatic heterocycles. The zero-order valence-corrected chi connectivity index (χ0v) is 25.4. The van der Waals surface area contributed by atoms with Crippen LogP contribution in [0.1, 0.15) is 83.9 Å². The topological polar surface area (TPSA) is 119 Å². The van der Waals surface area contributed by atoms with Crippen molar-refractivity contribution in [1.82, 2.24) is 9.97 Å². The number of alkyl halides is 9. The van der Waals surface area contributed by atoms with Gasteiger partial charge in [0, 0.05) is 25.0 Å². The molecule has 1 aliphatic heterocycles. The molecule has 2 aromatic carbocycles. The van der Waals surface area contributed by atoms with Crippen molar-refractivity contribution in [3.05, 3.63) is 87.5 Å². The summed E-state index contributed by atoms with van der Waals surface area (Å²) in [4.78, 5) is 34.1. The largest absolute Gasteiger partial charge is 0.481 e. The molecular formula is C31H29F9N4O4. The predicted octanol–water partition coefficient (Wildman–Crippen LogP) is 7.70. The monoisotopic (exact) mass is 692 g/mol. The van der Waals surface area contributed by atoms with E-state index in [0.29, 0.717) is 12.1 Å². The van der Waals surface area contributed by atoms with E-state index in [0.717, 1.165) is 29.3 Å². The van der Waals surface area contributed by atoms with Crippen molar-refractivity contribution in [3.63, 3.8) is 0 Å². The molecule has 2 atom stereocenters. The van der Waals surface area contributed by atoms with Crippen LogP contribution in [0.25, 0.3) is 0 Å². The number of carboxylic acids is 1. The molecule has 17 heteroatoms. The SMILES string of the molecule is CCOC(=O)N1c2ccc(C(F)(F)F)cc2[C@@H](c2ncc(CCC(=O)O)c(Cc3cc(C(F)(F)F)cc(C(F)(F)F)c3)n2)C[C@@]1(N)CC. The van der Waals surface area contributed by atoms with Crippen LogP contribution in [0.3, 0.4) is 0 Å². The molecule has 2 heterocycles. The summed E-state index contributed by atoms with van der Waals surface area (Å²) in [6.45, 7) is 3.06. The maximum Gasteiger partial charge on any atom is 0.416 e. The van der Waals surface area contributed by atoms with E-state index in [9.17, 15) is 54.2 Å². The van der Waals surface area contributed by atoms with E-state index in [2.05, 4.69) is 9.97 Å². The molecule has 0 aliphatic carbocycles. The number of rotatable bonds is 8. The van der Waals surface area contributed by atoms with Crippen molar-refractivity contribution >= 4 is 17.7 Å². The number of aryl methyl sites for hydroxylation is 1. The maximum atomic E-state index is 13.9. The van der Waals surface area contributed by atoms with E-state index in [-0.39, 0.29) is 60.3 Å². The number of nitrogens with two attached hydrogens (primary N) is 1. The van der Waals surface area contributed by atoms with Crippen LogP contribution in [0.5, 0.6) is 0 Å². The predicted molar refractivity (Wildman–Crippen MR) is 152 cm³/mol. The van der Waals surface area contributed by atoms with Crippen molar-refractivity contribution in [2.75, 3.05) is 11.5 Å². The molecular weight excluding hydrogens is 663 g/mol. The molecule has 0 radical (unpaired) electrons. The Hall–Kier alpha value is -4.41. The quantitative estimate of drug-likeness (QED) is 0.232. The molecule has 0 saturated heterocycles. The fraction of sp³-hybridized carbons (Fsp3) is 0.419. The summed E-state index contributed by atoms with van der Waals surface area (Å²) < 4.78 is 128. The number of aliphatic carboxylic acids is 1. The Bertz CT molecular complexity index is 1660. The van der Waals surface area contributed by atoms with Gasteiger partial charge in [-0.2, -0.15) is 39.5 Å². The van der Waals surface area contributed by atoms with Crippen LogP contribution in [0, 0.1) is 0 Å². The molecule has 3 N–H and O–H groups in total. The highest BCUT2D eigenvalue weighted by molar-refractivity contribution is 5.91. The standard InChI is InChI=1S/C31H29F9N4O4/c1-3-28(41)14-22(21-13-18(29(32,33)34)6-7-24(21)44(28)27(47)48-4-2)26-42-15-17(5-8-25(45)46)23(43-26)11-16-9-19(30(35,36)37)12-20(10-16)31(38,39)40/h6-7,9-10,12-13,15,22H,3-5,8,11,14,41H2,1-2H3,(H,45,46)/t22-,28+/m0/s1. The van der Waals surface area contributed by atoms with Crippen LogP contribution in [-0.4, -0.2) is 39.4 Å². The molecule has 4 rings (SSSR count). The number of nitrogens with zero attached hydrogens (tertiary/aromatic N) is 3. The molecule has 0 bridgehead atoms. The third kappa shape index (κ3) is 7.82. The minimum Gasteiger partial charge on any atom is -0.481 e. The highest BCUT2D eigenvalue weighted by Gasteiger charge is 2.47. The second-order valence-electron chi connectivity index (χ2n) is 11.2. The number of halogens is 9. The molecule has 48 heavy (non-hydrogen) atoms. The zero-order chi connectivity index (χ0) is 35.8. The zero-order valence-electron chi connectivity index (χ0n) is 25.4. The minimum absolute atomic E-state index is 0.0433. The van der Waals surface area contributed by atoms with E-state index < -0.39 is 77.3 Å². The number of ether oxygens (including phenoxy) is 1. The minimum atomic E-state index is -5.14. The summed E-state index contributed by atoms with van der Waals surface area (Å²) in [5.74, 6) is -2.61. The summed E-state index contributed by atoms with van der Waals surface area (Å²) in [5, 5.41) is 9.22. The molecule has 0 saturated carbocycles. The first kappa shape index (κ1) is 36.4. The van der Waals surface area contributed by atoms with Gasteiger partial charge < -0.3 is 15.6 Å². The number of hydrogen-bond donors (Lipinski definition) is 2. The van der Waals surface area contributed by atoms with E-state index in [1.165, 1.54) is 6.92 Å². The fourth-order valence-corrected chi connectivity index (χ4v) is 5.55. The Morgan fingerprint density at radius 1 is 0.958 bits per heavy atom. The molecule has 3 aromatic rings. The summed E-state index contributed by atoms with van der Waals surface area (Å²) in [5.41, 5.74) is 0.194. The highest BCUT2D eigenvalue weighted by atomic mass is 19.4. The van der Waals surface area contributed by atoms with E-state index in [1.54, 1.807) is 6.92 Å². The summed E-state index contributed by atoms with van der Waals surface area (Å²) in [6.07, 6.45) is -16.5. The van der Waals surface area contributed by atoms with E-state index in [1.807, 2.05) is 0 Å². The molecule has 0 unspecified atom stereocenters. The number of aromatic nitrogens is 2. The summed E-state index contributed by atoms with van der Waals surface area (Å²) in [6, 6.07) is 3.54. The molecule has 8 nitrogen and oxygen atoms in total. The average Bonchev–Trinajstić information content (AvgIpc) is 2.98. The molecule has 1 amide bonds. The van der Waals surface area contributed by atoms with Crippen LogP contribution in [0.2, 0.25) is 0 Å². The number of amides is 1. The molecule has 260 valence electrons. The average molecular weight is 693 g/mol. The summed E-state index contributed by atoms with van der Waals surface area (Å²) in [7, 11) is 0. The Morgan fingerprint density at radius 3 is 2.08 bits per heavy atom. The van der Waals surface area contributed by atoms with Gasteiger partial charge in [-0.05, 0) is 79.3 Å². The third-order valence-corrected chi connectivity index (χ3v) is 7.95. The second kappa shape index (κ2) is 13.2. The second-order valence-corrected chi connectivity index (χ2v) is 11.2. The Balaban J connectivity index is 1.93. The number of benzene rings is 2. The molecule has 0 fully saturated rings. The van der Waals surface area contributed by atoms with Gasteiger partial charge in [0.2, 0.25) is 0 Å². The fourth-order valence-electron chi connectivity index (χ4n) is 5.55. The normalized spacial score (nSPS) is 18.4. The highest BCUT2D eigenvalue weighted by Crippen LogP contribution is 2.47. The van der Waals surface area contributed by atoms with Gasteiger partial charge in [-0.1, -0.05) is 6.92 Å². The number of carbonyl (C=O) groups is 2.